The van der Waals surface area contributed by atoms with Gasteiger partial charge in [-0.25, -0.2) is 4.98 Å². The zero-order valence-corrected chi connectivity index (χ0v) is 15.5. The minimum atomic E-state index is 0.0426. The zero-order valence-electron chi connectivity index (χ0n) is 15.5. The zero-order chi connectivity index (χ0) is 18.1. The van der Waals surface area contributed by atoms with Crippen LogP contribution in [0.15, 0.2) is 18.2 Å². The van der Waals surface area contributed by atoms with E-state index in [9.17, 15) is 5.11 Å². The molecular formula is C20H26N4O2. The average molecular weight is 354 g/mol. The van der Waals surface area contributed by atoms with Crippen molar-refractivity contribution in [3.8, 4) is 5.75 Å². The van der Waals surface area contributed by atoms with Crippen molar-refractivity contribution in [1.29, 1.82) is 0 Å². The van der Waals surface area contributed by atoms with E-state index in [0.29, 0.717) is 6.61 Å². The van der Waals surface area contributed by atoms with Gasteiger partial charge in [0.15, 0.2) is 0 Å². The highest BCUT2D eigenvalue weighted by Crippen LogP contribution is 2.33. The van der Waals surface area contributed by atoms with E-state index in [-0.39, 0.29) is 6.61 Å². The molecule has 26 heavy (non-hydrogen) atoms. The van der Waals surface area contributed by atoms with Gasteiger partial charge in [-0.3, -0.25) is 0 Å². The van der Waals surface area contributed by atoms with Crippen LogP contribution in [-0.2, 0) is 26.0 Å². The molecule has 1 aliphatic heterocycles. The largest absolute Gasteiger partial charge is 0.491 e. The third kappa shape index (κ3) is 3.21. The van der Waals surface area contributed by atoms with E-state index >= 15 is 0 Å². The molecule has 2 aromatic rings. The van der Waals surface area contributed by atoms with Crippen molar-refractivity contribution < 1.29 is 9.84 Å². The van der Waals surface area contributed by atoms with E-state index in [1.54, 1.807) is 0 Å². The summed E-state index contributed by atoms with van der Waals surface area (Å²) in [5.74, 6) is 2.72. The van der Waals surface area contributed by atoms with E-state index in [1.165, 1.54) is 24.1 Å². The summed E-state index contributed by atoms with van der Waals surface area (Å²) in [5, 5.41) is 9.47. The lowest BCUT2D eigenvalue weighted by Gasteiger charge is -2.28. The third-order valence-electron chi connectivity index (χ3n) is 5.14. The molecule has 1 aromatic heterocycles. The van der Waals surface area contributed by atoms with Gasteiger partial charge in [0.2, 0.25) is 5.95 Å². The fourth-order valence-corrected chi connectivity index (χ4v) is 3.75. The quantitative estimate of drug-likeness (QED) is 0.913. The SMILES string of the molecule is CN(C)c1nc2c(c(N3CCOc4ccc(CO)cc4C3)n1)CCCC2. The Hall–Kier alpha value is -2.34. The van der Waals surface area contributed by atoms with E-state index in [1.807, 2.05) is 37.2 Å². The van der Waals surface area contributed by atoms with Crippen molar-refractivity contribution in [2.45, 2.75) is 38.8 Å². The lowest BCUT2D eigenvalue weighted by Crippen LogP contribution is -2.29. The van der Waals surface area contributed by atoms with Crippen LogP contribution in [0.25, 0.3) is 0 Å². The number of aliphatic hydroxyl groups is 1. The molecule has 0 fully saturated rings. The van der Waals surface area contributed by atoms with Crippen LogP contribution in [0.2, 0.25) is 0 Å². The van der Waals surface area contributed by atoms with E-state index in [4.69, 9.17) is 14.7 Å². The number of nitrogens with zero attached hydrogens (tertiary/aromatic N) is 4. The van der Waals surface area contributed by atoms with Gasteiger partial charge in [0.1, 0.15) is 18.2 Å². The van der Waals surface area contributed by atoms with Gasteiger partial charge < -0.3 is 19.6 Å². The molecule has 1 aromatic carbocycles. The Morgan fingerprint density at radius 1 is 1.19 bits per heavy atom. The topological polar surface area (TPSA) is 61.7 Å². The smallest absolute Gasteiger partial charge is 0.227 e. The molecule has 1 N–H and O–H groups in total. The van der Waals surface area contributed by atoms with E-state index < -0.39 is 0 Å². The summed E-state index contributed by atoms with van der Waals surface area (Å²) < 4.78 is 5.94. The Morgan fingerprint density at radius 2 is 2.04 bits per heavy atom. The van der Waals surface area contributed by atoms with Crippen LogP contribution in [0.5, 0.6) is 5.75 Å². The first-order valence-electron chi connectivity index (χ1n) is 9.33. The van der Waals surface area contributed by atoms with Gasteiger partial charge in [0.25, 0.3) is 0 Å². The monoisotopic (exact) mass is 354 g/mol. The van der Waals surface area contributed by atoms with Crippen LogP contribution in [0, 0.1) is 0 Å². The molecule has 4 rings (SSSR count). The maximum Gasteiger partial charge on any atom is 0.227 e. The van der Waals surface area contributed by atoms with Crippen LogP contribution in [0.4, 0.5) is 11.8 Å². The summed E-state index contributed by atoms with van der Waals surface area (Å²) in [7, 11) is 3.98. The number of anilines is 2. The molecule has 6 heteroatoms. The lowest BCUT2D eigenvalue weighted by molar-refractivity contribution is 0.281. The number of rotatable bonds is 3. The number of aromatic nitrogens is 2. The first kappa shape index (κ1) is 17.1. The molecule has 0 saturated carbocycles. The van der Waals surface area contributed by atoms with Crippen LogP contribution >= 0.6 is 0 Å². The summed E-state index contributed by atoms with van der Waals surface area (Å²) in [6.07, 6.45) is 4.46. The van der Waals surface area contributed by atoms with E-state index in [0.717, 1.165) is 54.6 Å². The van der Waals surface area contributed by atoms with Crippen LogP contribution in [0.3, 0.4) is 0 Å². The molecule has 2 heterocycles. The molecule has 0 radical (unpaired) electrons. The summed E-state index contributed by atoms with van der Waals surface area (Å²) in [6.45, 7) is 2.20. The predicted octanol–water partition coefficient (Wildman–Crippen LogP) is 2.31. The number of ether oxygens (including phenoxy) is 1. The number of benzene rings is 1. The van der Waals surface area contributed by atoms with Gasteiger partial charge >= 0.3 is 0 Å². The Labute approximate surface area is 154 Å². The molecule has 0 atom stereocenters. The second-order valence-electron chi connectivity index (χ2n) is 7.24. The van der Waals surface area contributed by atoms with Gasteiger partial charge in [-0.1, -0.05) is 6.07 Å². The molecule has 2 aliphatic rings. The van der Waals surface area contributed by atoms with Crippen LogP contribution in [0.1, 0.15) is 35.2 Å². The molecule has 0 spiro atoms. The predicted molar refractivity (Wildman–Crippen MR) is 102 cm³/mol. The highest BCUT2D eigenvalue weighted by atomic mass is 16.5. The molecule has 0 unspecified atom stereocenters. The fourth-order valence-electron chi connectivity index (χ4n) is 3.75. The summed E-state index contributed by atoms with van der Waals surface area (Å²) in [6, 6.07) is 5.92. The molecule has 0 bridgehead atoms. The van der Waals surface area contributed by atoms with Crippen LogP contribution < -0.4 is 14.5 Å². The van der Waals surface area contributed by atoms with Gasteiger partial charge in [0, 0.05) is 31.8 Å². The van der Waals surface area contributed by atoms with Crippen molar-refractivity contribution in [2.75, 3.05) is 37.0 Å². The van der Waals surface area contributed by atoms with Crippen molar-refractivity contribution in [1.82, 2.24) is 9.97 Å². The molecule has 6 nitrogen and oxygen atoms in total. The molecule has 0 saturated heterocycles. The average Bonchev–Trinajstić information content (AvgIpc) is 2.88. The Morgan fingerprint density at radius 3 is 2.85 bits per heavy atom. The first-order chi connectivity index (χ1) is 12.7. The minimum Gasteiger partial charge on any atom is -0.491 e. The first-order valence-corrected chi connectivity index (χ1v) is 9.33. The summed E-state index contributed by atoms with van der Waals surface area (Å²) >= 11 is 0. The lowest BCUT2D eigenvalue weighted by atomic mass is 9.96. The third-order valence-corrected chi connectivity index (χ3v) is 5.14. The Kier molecular flexibility index (Phi) is 4.68. The van der Waals surface area contributed by atoms with Gasteiger partial charge in [-0.05, 0) is 43.4 Å². The van der Waals surface area contributed by atoms with Crippen LogP contribution in [-0.4, -0.2) is 42.3 Å². The minimum absolute atomic E-state index is 0.0426. The maximum atomic E-state index is 9.47. The number of hydrogen-bond acceptors (Lipinski definition) is 6. The van der Waals surface area contributed by atoms with Crippen molar-refractivity contribution in [2.24, 2.45) is 0 Å². The summed E-state index contributed by atoms with van der Waals surface area (Å²) in [5.41, 5.74) is 4.50. The Balaban J connectivity index is 1.75. The molecule has 0 amide bonds. The number of aryl methyl sites for hydroxylation is 1. The van der Waals surface area contributed by atoms with Gasteiger partial charge in [-0.2, -0.15) is 4.98 Å². The van der Waals surface area contributed by atoms with Crippen molar-refractivity contribution in [3.05, 3.63) is 40.6 Å². The number of aliphatic hydroxyl groups excluding tert-OH is 1. The number of fused-ring (bicyclic) bond motifs is 2. The van der Waals surface area contributed by atoms with Crippen molar-refractivity contribution >= 4 is 11.8 Å². The fraction of sp³-hybridized carbons (Fsp3) is 0.500. The molecule has 138 valence electrons. The second kappa shape index (κ2) is 7.11. The highest BCUT2D eigenvalue weighted by Gasteiger charge is 2.24. The Bertz CT molecular complexity index is 807. The number of hydrogen-bond donors (Lipinski definition) is 1. The van der Waals surface area contributed by atoms with E-state index in [2.05, 4.69) is 4.90 Å². The highest BCUT2D eigenvalue weighted by molar-refractivity contribution is 5.55. The van der Waals surface area contributed by atoms with Crippen molar-refractivity contribution in [3.63, 3.8) is 0 Å². The maximum absolute atomic E-state index is 9.47. The normalized spacial score (nSPS) is 16.3. The van der Waals surface area contributed by atoms with Gasteiger partial charge in [-0.15, -0.1) is 0 Å². The molecular weight excluding hydrogens is 328 g/mol. The summed E-state index contributed by atoms with van der Waals surface area (Å²) in [4.78, 5) is 14.0. The second-order valence-corrected chi connectivity index (χ2v) is 7.24. The van der Waals surface area contributed by atoms with Gasteiger partial charge in [0.05, 0.1) is 18.8 Å². The standard InChI is InChI=1S/C20H26N4O2/c1-23(2)20-21-17-6-4-3-5-16(17)19(22-20)24-9-10-26-18-8-7-14(13-25)11-15(18)12-24/h7-8,11,25H,3-6,9-10,12-13H2,1-2H3. The molecule has 1 aliphatic carbocycles.